The van der Waals surface area contributed by atoms with Crippen LogP contribution in [0.3, 0.4) is 0 Å². The first-order valence-electron chi connectivity index (χ1n) is 8.82. The minimum Gasteiger partial charge on any atom is -0.323 e. The van der Waals surface area contributed by atoms with Gasteiger partial charge in [-0.2, -0.15) is 0 Å². The van der Waals surface area contributed by atoms with Gasteiger partial charge < -0.3 is 14.8 Å². The van der Waals surface area contributed by atoms with Crippen molar-refractivity contribution in [1.82, 2.24) is 14.8 Å². The number of benzene rings is 2. The molecule has 3 aromatic rings. The number of carbonyl (C=O) groups is 2. The number of carbonyl (C=O) groups excluding carboxylic acids is 2. The van der Waals surface area contributed by atoms with E-state index in [1.54, 1.807) is 6.07 Å². The first-order valence-corrected chi connectivity index (χ1v) is 9.80. The fraction of sp³-hybridized carbons (Fsp3) is 0.200. The quantitative estimate of drug-likeness (QED) is 0.690. The zero-order valence-corrected chi connectivity index (χ0v) is 16.4. The van der Waals surface area contributed by atoms with Crippen molar-refractivity contribution in [3.63, 3.8) is 0 Å². The summed E-state index contributed by atoms with van der Waals surface area (Å²) in [4.78, 5) is 26.2. The largest absolute Gasteiger partial charge is 0.323 e. The first-order chi connectivity index (χ1) is 13.5. The van der Waals surface area contributed by atoms with Gasteiger partial charge in [0.1, 0.15) is 6.54 Å². The van der Waals surface area contributed by atoms with Crippen molar-refractivity contribution in [2.24, 2.45) is 7.05 Å². The molecule has 0 unspecified atom stereocenters. The Kier molecular flexibility index (Phi) is 4.87. The Morgan fingerprint density at radius 3 is 2.71 bits per heavy atom. The van der Waals surface area contributed by atoms with Crippen molar-refractivity contribution in [1.29, 1.82) is 0 Å². The van der Waals surface area contributed by atoms with Crippen LogP contribution < -0.4 is 10.2 Å². The molecule has 28 heavy (non-hydrogen) atoms. The van der Waals surface area contributed by atoms with E-state index < -0.39 is 0 Å². The van der Waals surface area contributed by atoms with Crippen molar-refractivity contribution in [3.8, 4) is 11.4 Å². The van der Waals surface area contributed by atoms with Crippen LogP contribution in [-0.2, 0) is 16.6 Å². The van der Waals surface area contributed by atoms with Crippen molar-refractivity contribution in [2.45, 2.75) is 12.1 Å². The number of fused-ring (bicyclic) bond motifs is 1. The number of thioether (sulfide) groups is 1. The Morgan fingerprint density at radius 2 is 1.89 bits per heavy atom. The number of hydrogen-bond donors (Lipinski definition) is 1. The molecule has 2 amide bonds. The van der Waals surface area contributed by atoms with E-state index in [1.807, 2.05) is 61.0 Å². The fourth-order valence-electron chi connectivity index (χ4n) is 3.16. The summed E-state index contributed by atoms with van der Waals surface area (Å²) in [6, 6.07) is 15.3. The van der Waals surface area contributed by atoms with Crippen LogP contribution in [0.4, 0.5) is 11.4 Å². The number of para-hydroxylation sites is 2. The van der Waals surface area contributed by atoms with Gasteiger partial charge in [0.05, 0.1) is 17.1 Å². The minimum absolute atomic E-state index is 0.0175. The molecule has 0 radical (unpaired) electrons. The summed E-state index contributed by atoms with van der Waals surface area (Å²) in [6.45, 7) is 2.04. The second kappa shape index (κ2) is 7.47. The lowest BCUT2D eigenvalue weighted by Crippen LogP contribution is -2.43. The van der Waals surface area contributed by atoms with Gasteiger partial charge in [-0.1, -0.05) is 48.2 Å². The predicted octanol–water partition coefficient (Wildman–Crippen LogP) is 2.87. The average Bonchev–Trinajstić information content (AvgIpc) is 3.06. The smallest absolute Gasteiger partial charge is 0.244 e. The summed E-state index contributed by atoms with van der Waals surface area (Å²) in [5.74, 6) is 0.586. The van der Waals surface area contributed by atoms with Gasteiger partial charge in [0.2, 0.25) is 11.8 Å². The van der Waals surface area contributed by atoms with Gasteiger partial charge in [0.25, 0.3) is 0 Å². The predicted molar refractivity (Wildman–Crippen MR) is 109 cm³/mol. The molecule has 0 saturated heterocycles. The van der Waals surface area contributed by atoms with Crippen molar-refractivity contribution in [2.75, 3.05) is 22.5 Å². The van der Waals surface area contributed by atoms with E-state index in [1.165, 1.54) is 16.7 Å². The maximum atomic E-state index is 12.8. The number of anilines is 2. The van der Waals surface area contributed by atoms with Crippen molar-refractivity contribution in [3.05, 3.63) is 54.1 Å². The van der Waals surface area contributed by atoms with Crippen molar-refractivity contribution < 1.29 is 9.59 Å². The minimum atomic E-state index is -0.197. The van der Waals surface area contributed by atoms with Gasteiger partial charge in [0, 0.05) is 12.6 Å². The molecular formula is C20H19N5O2S. The Balaban J connectivity index is 1.51. The summed E-state index contributed by atoms with van der Waals surface area (Å²) in [5.41, 5.74) is 3.49. The van der Waals surface area contributed by atoms with Crippen LogP contribution in [-0.4, -0.2) is 38.9 Å². The molecule has 8 heteroatoms. The molecule has 1 aliphatic rings. The van der Waals surface area contributed by atoms with Gasteiger partial charge >= 0.3 is 0 Å². The molecule has 0 saturated carbocycles. The highest BCUT2D eigenvalue weighted by Crippen LogP contribution is 2.30. The zero-order valence-electron chi connectivity index (χ0n) is 15.5. The molecule has 0 aliphatic carbocycles. The number of nitrogens with one attached hydrogen (secondary N) is 1. The topological polar surface area (TPSA) is 80.1 Å². The van der Waals surface area contributed by atoms with Crippen LogP contribution >= 0.6 is 11.8 Å². The summed E-state index contributed by atoms with van der Waals surface area (Å²) >= 11 is 1.31. The molecule has 0 fully saturated rings. The third kappa shape index (κ3) is 3.38. The lowest BCUT2D eigenvalue weighted by molar-refractivity contribution is -0.120. The number of rotatable bonds is 4. The maximum absolute atomic E-state index is 12.8. The maximum Gasteiger partial charge on any atom is 0.244 e. The molecule has 1 N–H and O–H groups in total. The van der Waals surface area contributed by atoms with Gasteiger partial charge in [-0.15, -0.1) is 10.2 Å². The Bertz CT molecular complexity index is 1060. The molecule has 0 bridgehead atoms. The van der Waals surface area contributed by atoms with Crippen LogP contribution in [0, 0.1) is 6.92 Å². The number of amides is 2. The molecular weight excluding hydrogens is 374 g/mol. The number of aromatic nitrogens is 3. The van der Waals surface area contributed by atoms with E-state index in [-0.39, 0.29) is 24.1 Å². The summed E-state index contributed by atoms with van der Waals surface area (Å²) in [6.07, 6.45) is 0. The normalized spacial score (nSPS) is 13.2. The SMILES string of the molecule is Cc1ccccc1-c1nnc(SCC(=O)N2CC(=O)Nc3ccccc32)n1C. The second-order valence-corrected chi connectivity index (χ2v) is 7.46. The summed E-state index contributed by atoms with van der Waals surface area (Å²) in [5, 5.41) is 12.0. The first kappa shape index (κ1) is 18.2. The van der Waals surface area contributed by atoms with E-state index >= 15 is 0 Å². The van der Waals surface area contributed by atoms with Crippen molar-refractivity contribution >= 4 is 35.0 Å². The molecule has 7 nitrogen and oxygen atoms in total. The van der Waals surface area contributed by atoms with E-state index in [4.69, 9.17) is 0 Å². The lowest BCUT2D eigenvalue weighted by Gasteiger charge is -2.29. The molecule has 142 valence electrons. The van der Waals surface area contributed by atoms with Crippen LogP contribution in [0.1, 0.15) is 5.56 Å². The number of aryl methyl sites for hydroxylation is 1. The summed E-state index contributed by atoms with van der Waals surface area (Å²) < 4.78 is 1.89. The molecule has 0 atom stereocenters. The highest BCUT2D eigenvalue weighted by molar-refractivity contribution is 7.99. The zero-order chi connectivity index (χ0) is 19.7. The van der Waals surface area contributed by atoms with Gasteiger partial charge in [0.15, 0.2) is 11.0 Å². The van der Waals surface area contributed by atoms with Gasteiger partial charge in [-0.3, -0.25) is 9.59 Å². The monoisotopic (exact) mass is 393 g/mol. The molecule has 0 spiro atoms. The van der Waals surface area contributed by atoms with Gasteiger partial charge in [-0.25, -0.2) is 0 Å². The van der Waals surface area contributed by atoms with Crippen LogP contribution in [0.2, 0.25) is 0 Å². The fourth-order valence-corrected chi connectivity index (χ4v) is 3.95. The molecule has 4 rings (SSSR count). The van der Waals surface area contributed by atoms with E-state index in [2.05, 4.69) is 15.5 Å². The van der Waals surface area contributed by atoms with Gasteiger partial charge in [-0.05, 0) is 24.6 Å². The molecule has 2 aromatic carbocycles. The molecule has 1 aliphatic heterocycles. The van der Waals surface area contributed by atoms with Crippen LogP contribution in [0.5, 0.6) is 0 Å². The average molecular weight is 393 g/mol. The number of nitrogens with zero attached hydrogens (tertiary/aromatic N) is 4. The lowest BCUT2D eigenvalue weighted by atomic mass is 10.1. The van der Waals surface area contributed by atoms with Crippen LogP contribution in [0.15, 0.2) is 53.7 Å². The standard InChI is InChI=1S/C20H19N5O2S/c1-13-7-3-4-8-14(13)19-22-23-20(24(19)2)28-12-18(27)25-11-17(26)21-15-9-5-6-10-16(15)25/h3-10H,11-12H2,1-2H3,(H,21,26). The number of hydrogen-bond acceptors (Lipinski definition) is 5. The Labute approximate surface area is 166 Å². The van der Waals surface area contributed by atoms with E-state index in [0.29, 0.717) is 16.5 Å². The van der Waals surface area contributed by atoms with E-state index in [9.17, 15) is 9.59 Å². The second-order valence-electron chi connectivity index (χ2n) is 6.51. The third-order valence-corrected chi connectivity index (χ3v) is 5.62. The highest BCUT2D eigenvalue weighted by Gasteiger charge is 2.27. The Hall–Kier alpha value is -3.13. The summed E-state index contributed by atoms with van der Waals surface area (Å²) in [7, 11) is 1.89. The third-order valence-electron chi connectivity index (χ3n) is 4.62. The Morgan fingerprint density at radius 1 is 1.14 bits per heavy atom. The van der Waals surface area contributed by atoms with E-state index in [0.717, 1.165) is 17.0 Å². The van der Waals surface area contributed by atoms with Crippen LogP contribution in [0.25, 0.3) is 11.4 Å². The molecule has 1 aromatic heterocycles. The molecule has 2 heterocycles. The highest BCUT2D eigenvalue weighted by atomic mass is 32.2.